The van der Waals surface area contributed by atoms with Crippen LogP contribution in [0, 0.1) is 0 Å². The molecule has 3 heterocycles. The smallest absolute Gasteiger partial charge is 0.164 e. The molecule has 0 radical (unpaired) electrons. The minimum Gasteiger partial charge on any atom is -0.456 e. The average Bonchev–Trinajstić information content (AvgIpc) is 3.92. The predicted molar refractivity (Wildman–Crippen MR) is 203 cm³/mol. The summed E-state index contributed by atoms with van der Waals surface area (Å²) in [6.45, 7) is 0. The first kappa shape index (κ1) is 15.6. The molecule has 0 aliphatic heterocycles. The van der Waals surface area contributed by atoms with Gasteiger partial charge in [0.05, 0.1) is 41.4 Å². The molecule has 5 nitrogen and oxygen atoms in total. The Labute approximate surface area is 313 Å². The largest absolute Gasteiger partial charge is 0.456 e. The van der Waals surface area contributed by atoms with Crippen molar-refractivity contribution >= 4 is 43.7 Å². The van der Waals surface area contributed by atoms with Crippen LogP contribution >= 0.6 is 0 Å². The highest BCUT2D eigenvalue weighted by Crippen LogP contribution is 2.42. The second-order valence-corrected chi connectivity index (χ2v) is 11.1. The lowest BCUT2D eigenvalue weighted by atomic mass is 9.97. The number of para-hydroxylation sites is 3. The van der Waals surface area contributed by atoms with Crippen molar-refractivity contribution in [2.75, 3.05) is 0 Å². The molecule has 10 rings (SSSR count). The zero-order valence-electron chi connectivity index (χ0n) is 43.5. The van der Waals surface area contributed by atoms with Crippen LogP contribution in [-0.2, 0) is 0 Å². The topological polar surface area (TPSA) is 56.7 Å². The van der Waals surface area contributed by atoms with Crippen LogP contribution in [0.5, 0.6) is 0 Å². The van der Waals surface area contributed by atoms with Crippen molar-refractivity contribution in [3.05, 3.63) is 169 Å². The quantitative estimate of drug-likeness (QED) is 0.185. The minimum absolute atomic E-state index is 0.170. The van der Waals surface area contributed by atoms with Crippen LogP contribution in [0.25, 0.3) is 94.7 Å². The monoisotopic (exact) mass is 658 g/mol. The van der Waals surface area contributed by atoms with E-state index in [0.717, 1.165) is 4.57 Å². The number of nitrogens with zero attached hydrogens (tertiary/aromatic N) is 4. The molecule has 0 unspecified atom stereocenters. The van der Waals surface area contributed by atoms with E-state index in [1.807, 2.05) is 0 Å². The first-order chi connectivity index (χ1) is 32.3. The van der Waals surface area contributed by atoms with Crippen LogP contribution in [0.2, 0.25) is 0 Å². The lowest BCUT2D eigenvalue weighted by Crippen LogP contribution is -2.00. The van der Waals surface area contributed by atoms with Crippen molar-refractivity contribution in [3.63, 3.8) is 0 Å². The molecule has 0 aliphatic carbocycles. The fourth-order valence-corrected chi connectivity index (χ4v) is 5.97. The van der Waals surface area contributed by atoms with E-state index in [4.69, 9.17) is 20.9 Å². The Balaban J connectivity index is 1.38. The Morgan fingerprint density at radius 1 is 0.460 bits per heavy atom. The number of hydrogen-bond donors (Lipinski definition) is 0. The van der Waals surface area contributed by atoms with Crippen LogP contribution in [0.4, 0.5) is 0 Å². The van der Waals surface area contributed by atoms with Crippen molar-refractivity contribution in [2.24, 2.45) is 0 Å². The highest BCUT2D eigenvalue weighted by atomic mass is 16.3. The van der Waals surface area contributed by atoms with Gasteiger partial charge in [0.15, 0.2) is 17.5 Å². The molecule has 7 aromatic carbocycles. The molecule has 0 saturated carbocycles. The number of hydrogen-bond acceptors (Lipinski definition) is 4. The second-order valence-electron chi connectivity index (χ2n) is 11.1. The van der Waals surface area contributed by atoms with Gasteiger partial charge in [0, 0.05) is 43.8 Å². The first-order valence-corrected chi connectivity index (χ1v) is 15.2. The Bertz CT molecular complexity index is 3760. The summed E-state index contributed by atoms with van der Waals surface area (Å²) in [4.78, 5) is 13.9. The normalized spacial score (nSPS) is 16.6. The number of rotatable bonds is 5. The number of benzene rings is 7. The number of fused-ring (bicyclic) bond motifs is 6. The van der Waals surface area contributed by atoms with Crippen molar-refractivity contribution in [1.29, 1.82) is 0 Å². The minimum atomic E-state index is -0.907. The van der Waals surface area contributed by atoms with Gasteiger partial charge in [-0.2, -0.15) is 0 Å². The summed E-state index contributed by atoms with van der Waals surface area (Å²) in [7, 11) is 0. The van der Waals surface area contributed by atoms with Gasteiger partial charge in [-0.25, -0.2) is 15.0 Å². The molecule has 5 heteroatoms. The molecule has 0 spiro atoms. The third-order valence-electron chi connectivity index (χ3n) is 8.17. The van der Waals surface area contributed by atoms with Crippen LogP contribution in [0.3, 0.4) is 0 Å². The van der Waals surface area contributed by atoms with Gasteiger partial charge >= 0.3 is 0 Å². The summed E-state index contributed by atoms with van der Waals surface area (Å²) < 4.78 is 170. The van der Waals surface area contributed by atoms with E-state index in [9.17, 15) is 8.22 Å². The summed E-state index contributed by atoms with van der Waals surface area (Å²) in [5.41, 5.74) is -3.06. The van der Waals surface area contributed by atoms with Gasteiger partial charge in [-0.15, -0.1) is 0 Å². The predicted octanol–water partition coefficient (Wildman–Crippen LogP) is 11.5. The summed E-state index contributed by atoms with van der Waals surface area (Å²) >= 11 is 0. The van der Waals surface area contributed by atoms with Crippen molar-refractivity contribution < 1.29 is 29.1 Å². The van der Waals surface area contributed by atoms with E-state index in [-0.39, 0.29) is 28.4 Å². The third kappa shape index (κ3) is 4.52. The van der Waals surface area contributed by atoms with E-state index in [2.05, 4.69) is 15.0 Å². The Hall–Kier alpha value is -6.85. The maximum absolute atomic E-state index is 9.57. The maximum atomic E-state index is 9.57. The molecule has 0 fully saturated rings. The fourth-order valence-electron chi connectivity index (χ4n) is 5.97. The Morgan fingerprint density at radius 2 is 1.02 bits per heavy atom. The molecule has 0 saturated heterocycles. The van der Waals surface area contributed by atoms with Gasteiger partial charge in [-0.3, -0.25) is 0 Å². The van der Waals surface area contributed by atoms with E-state index in [1.54, 1.807) is 60.7 Å². The number of aromatic nitrogens is 4. The van der Waals surface area contributed by atoms with Gasteiger partial charge in [0.25, 0.3) is 0 Å². The molecule has 0 N–H and O–H groups in total. The van der Waals surface area contributed by atoms with Gasteiger partial charge < -0.3 is 8.98 Å². The van der Waals surface area contributed by atoms with Crippen molar-refractivity contribution in [1.82, 2.24) is 19.5 Å². The van der Waals surface area contributed by atoms with E-state index in [0.29, 0.717) is 11.1 Å². The highest BCUT2D eigenvalue weighted by Gasteiger charge is 2.20. The van der Waals surface area contributed by atoms with Gasteiger partial charge in [0.1, 0.15) is 11.2 Å². The van der Waals surface area contributed by atoms with E-state index in [1.165, 1.54) is 0 Å². The Morgan fingerprint density at radius 3 is 1.68 bits per heavy atom. The van der Waals surface area contributed by atoms with Crippen LogP contribution in [0.1, 0.15) is 24.7 Å². The molecule has 0 atom stereocenters. The lowest BCUT2D eigenvalue weighted by molar-refractivity contribution is 0.669. The molecule has 3 aromatic heterocycles. The summed E-state index contributed by atoms with van der Waals surface area (Å²) in [6.07, 6.45) is 0. The molecule has 0 bridgehead atoms. The first-order valence-electron chi connectivity index (χ1n) is 24.2. The van der Waals surface area contributed by atoms with Crippen LogP contribution in [-0.4, -0.2) is 19.5 Å². The fraction of sp³-hybridized carbons (Fsp3) is 0. The lowest BCUT2D eigenvalue weighted by Gasteiger charge is -2.14. The standard InChI is InChI=1S/C45H28N4O/c1-3-14-29(15-4-1)43-46-44(30-16-5-2-6-17-30)48-45(47-43)31-26-27-36-41(28-31)50-40-25-13-21-35(42(36)40)34-20-9-12-24-39(34)49-37-22-10-7-18-32(37)33-19-8-11-23-38(33)49/h1-28H/i7D,8D,9D,10D,11D,12D,13D,18D,19D,20D,21D,22D,23D,24D,25D,26D,27D,28D. The Kier molecular flexibility index (Phi) is 3.55. The average molecular weight is 659 g/mol. The third-order valence-corrected chi connectivity index (χ3v) is 8.17. The van der Waals surface area contributed by atoms with Crippen molar-refractivity contribution in [2.45, 2.75) is 0 Å². The highest BCUT2D eigenvalue weighted by molar-refractivity contribution is 6.15. The van der Waals surface area contributed by atoms with Crippen LogP contribution in [0.15, 0.2) is 174 Å². The molecule has 50 heavy (non-hydrogen) atoms. The van der Waals surface area contributed by atoms with Gasteiger partial charge in [0.2, 0.25) is 0 Å². The van der Waals surface area contributed by atoms with Gasteiger partial charge in [-0.1, -0.05) is 133 Å². The molecule has 10 aromatic rings. The summed E-state index contributed by atoms with van der Waals surface area (Å²) in [6, 6.07) is 3.63. The second kappa shape index (κ2) is 11.4. The SMILES string of the molecule is [2H]c1c([2H])c([2H])c(-n2c3c([2H])c([2H])c([2H])c([2H])c3c3c([2H])c([2H])c([2H])c([2H])c32)c(-c2c([2H])c([2H])c([2H])c3oc4c([2H])c(-c5nc(-c6ccccc6)nc(-c6ccccc6)n5)c([2H])c([2H])c4c23)c1[2H]. The van der Waals surface area contributed by atoms with Crippen molar-refractivity contribution in [3.8, 4) is 51.0 Å². The summed E-state index contributed by atoms with van der Waals surface area (Å²) in [5.74, 6) is 0.143. The van der Waals surface area contributed by atoms with E-state index < -0.39 is 164 Å². The van der Waals surface area contributed by atoms with Crippen LogP contribution < -0.4 is 0 Å². The maximum Gasteiger partial charge on any atom is 0.164 e. The molecule has 234 valence electrons. The van der Waals surface area contributed by atoms with Gasteiger partial charge in [-0.05, 0) is 41.8 Å². The zero-order chi connectivity index (χ0) is 48.7. The summed E-state index contributed by atoms with van der Waals surface area (Å²) in [5, 5.41) is -1.59. The number of furan rings is 1. The molecular formula is C45H28N4O. The van der Waals surface area contributed by atoms with E-state index >= 15 is 0 Å². The zero-order valence-corrected chi connectivity index (χ0v) is 25.5. The molecular weight excluding hydrogens is 613 g/mol. The molecule has 0 aliphatic rings. The molecule has 0 amide bonds.